The van der Waals surface area contributed by atoms with Crippen molar-refractivity contribution in [3.63, 3.8) is 0 Å². The number of aryl methyl sites for hydroxylation is 1. The number of rotatable bonds is 11. The fourth-order valence-corrected chi connectivity index (χ4v) is 4.97. The Morgan fingerprint density at radius 2 is 1.89 bits per heavy atom. The third-order valence-electron chi connectivity index (χ3n) is 7.06. The highest BCUT2D eigenvalue weighted by Crippen LogP contribution is 2.35. The van der Waals surface area contributed by atoms with E-state index in [1.54, 1.807) is 29.1 Å². The molecule has 9 nitrogen and oxygen atoms in total. The van der Waals surface area contributed by atoms with Crippen LogP contribution in [0, 0.1) is 17.1 Å². The molecule has 3 heterocycles. The number of hydrogen-bond donors (Lipinski definition) is 1. The molecule has 1 N–H and O–H groups in total. The second-order valence-corrected chi connectivity index (χ2v) is 10.3. The van der Waals surface area contributed by atoms with Crippen molar-refractivity contribution in [2.24, 2.45) is 0 Å². The van der Waals surface area contributed by atoms with Crippen LogP contribution in [0.1, 0.15) is 52.1 Å². The minimum atomic E-state index is -5.01. The van der Waals surface area contributed by atoms with E-state index in [0.717, 1.165) is 11.1 Å². The van der Waals surface area contributed by atoms with Crippen LogP contribution in [0.15, 0.2) is 79.1 Å². The Morgan fingerprint density at radius 1 is 1.11 bits per heavy atom. The molecule has 0 aliphatic rings. The van der Waals surface area contributed by atoms with Gasteiger partial charge in [-0.1, -0.05) is 31.2 Å². The van der Waals surface area contributed by atoms with Gasteiger partial charge in [-0.05, 0) is 65.9 Å². The lowest BCUT2D eigenvalue weighted by Crippen LogP contribution is -2.18. The summed E-state index contributed by atoms with van der Waals surface area (Å²) in [5.41, 5.74) is 0.201. The van der Waals surface area contributed by atoms with Crippen molar-refractivity contribution in [1.82, 2.24) is 24.5 Å². The van der Waals surface area contributed by atoms with Crippen LogP contribution in [-0.2, 0) is 19.1 Å². The number of benzene rings is 2. The number of carboxylic acids is 1. The summed E-state index contributed by atoms with van der Waals surface area (Å²) in [4.78, 5) is 15.7. The van der Waals surface area contributed by atoms with Crippen molar-refractivity contribution in [2.45, 2.75) is 38.4 Å². The number of carbonyl (C=O) groups is 1. The molecule has 0 spiro atoms. The number of alkyl halides is 3. The Balaban J connectivity index is 1.31. The van der Waals surface area contributed by atoms with Gasteiger partial charge in [0.15, 0.2) is 17.2 Å². The Morgan fingerprint density at radius 3 is 2.58 bits per heavy atom. The first-order chi connectivity index (χ1) is 21.5. The van der Waals surface area contributed by atoms with E-state index < -0.39 is 29.2 Å². The number of aromatic nitrogens is 5. The van der Waals surface area contributed by atoms with Crippen molar-refractivity contribution in [3.8, 4) is 28.9 Å². The smallest absolute Gasteiger partial charge is 0.434 e. The lowest BCUT2D eigenvalue weighted by atomic mass is 9.89. The van der Waals surface area contributed by atoms with Gasteiger partial charge in [-0.15, -0.1) is 0 Å². The van der Waals surface area contributed by atoms with E-state index in [0.29, 0.717) is 53.9 Å². The summed E-state index contributed by atoms with van der Waals surface area (Å²) in [6.07, 6.45) is -1.37. The monoisotopic (exact) mass is 618 g/mol. The maximum absolute atomic E-state index is 14.5. The van der Waals surface area contributed by atoms with Gasteiger partial charge in [-0.3, -0.25) is 4.68 Å². The van der Waals surface area contributed by atoms with Crippen LogP contribution in [0.5, 0.6) is 5.75 Å². The molecule has 5 rings (SSSR count). The molecule has 0 saturated heterocycles. The second-order valence-electron chi connectivity index (χ2n) is 10.3. The van der Waals surface area contributed by atoms with Crippen LogP contribution in [-0.4, -0.2) is 42.2 Å². The predicted molar refractivity (Wildman–Crippen MR) is 154 cm³/mol. The average Bonchev–Trinajstić information content (AvgIpc) is 3.68. The summed E-state index contributed by atoms with van der Waals surface area (Å²) >= 11 is 0. The van der Waals surface area contributed by atoms with E-state index >= 15 is 0 Å². The van der Waals surface area contributed by atoms with Crippen molar-refractivity contribution in [3.05, 3.63) is 113 Å². The van der Waals surface area contributed by atoms with Crippen LogP contribution in [0.2, 0.25) is 0 Å². The van der Waals surface area contributed by atoms with Gasteiger partial charge in [0.2, 0.25) is 0 Å². The SMILES string of the molecule is CC(Cc1ccc(OCCCn2ccc(C#N)n2)cc1)c1ccc(F)cc1-c1cccc(-n2ncc(C(=O)O)c2C(F)(F)F)n1. The second kappa shape index (κ2) is 13.0. The molecule has 0 saturated carbocycles. The highest BCUT2D eigenvalue weighted by atomic mass is 19.4. The third kappa shape index (κ3) is 7.18. The first kappa shape index (κ1) is 30.9. The highest BCUT2D eigenvalue weighted by molar-refractivity contribution is 5.89. The van der Waals surface area contributed by atoms with Gasteiger partial charge in [0, 0.05) is 24.7 Å². The molecule has 2 aromatic carbocycles. The third-order valence-corrected chi connectivity index (χ3v) is 7.06. The summed E-state index contributed by atoms with van der Waals surface area (Å²) in [5, 5.41) is 25.9. The van der Waals surface area contributed by atoms with Crippen LogP contribution in [0.4, 0.5) is 17.6 Å². The van der Waals surface area contributed by atoms with Gasteiger partial charge in [-0.25, -0.2) is 18.9 Å². The Kier molecular flexibility index (Phi) is 8.94. The Bertz CT molecular complexity index is 1860. The van der Waals surface area contributed by atoms with Crippen LogP contribution in [0.3, 0.4) is 0 Å². The molecule has 0 fully saturated rings. The summed E-state index contributed by atoms with van der Waals surface area (Å²) < 4.78 is 63.8. The number of ether oxygens (including phenoxy) is 1. The maximum Gasteiger partial charge on any atom is 0.434 e. The first-order valence-corrected chi connectivity index (χ1v) is 13.8. The van der Waals surface area contributed by atoms with Gasteiger partial charge in [0.25, 0.3) is 0 Å². The van der Waals surface area contributed by atoms with Gasteiger partial charge in [-0.2, -0.15) is 28.6 Å². The van der Waals surface area contributed by atoms with E-state index in [2.05, 4.69) is 15.2 Å². The average molecular weight is 619 g/mol. The molecule has 1 unspecified atom stereocenters. The number of nitrogens with zero attached hydrogens (tertiary/aromatic N) is 6. The minimum absolute atomic E-state index is 0.140. The van der Waals surface area contributed by atoms with Gasteiger partial charge >= 0.3 is 12.1 Å². The molecule has 0 aliphatic heterocycles. The van der Waals surface area contributed by atoms with Gasteiger partial charge in [0.05, 0.1) is 18.5 Å². The zero-order valence-electron chi connectivity index (χ0n) is 23.9. The molecule has 230 valence electrons. The lowest BCUT2D eigenvalue weighted by molar-refractivity contribution is -0.143. The van der Waals surface area contributed by atoms with E-state index in [9.17, 15) is 27.5 Å². The van der Waals surface area contributed by atoms with Gasteiger partial charge < -0.3 is 9.84 Å². The fraction of sp³-hybridized carbons (Fsp3) is 0.219. The summed E-state index contributed by atoms with van der Waals surface area (Å²) in [6, 6.07) is 19.7. The number of nitriles is 1. The first-order valence-electron chi connectivity index (χ1n) is 13.8. The summed E-state index contributed by atoms with van der Waals surface area (Å²) in [7, 11) is 0. The molecular formula is C32H26F4N6O3. The number of halogens is 4. The van der Waals surface area contributed by atoms with Crippen molar-refractivity contribution >= 4 is 5.97 Å². The van der Waals surface area contributed by atoms with Crippen LogP contribution in [0.25, 0.3) is 17.1 Å². The zero-order valence-corrected chi connectivity index (χ0v) is 23.9. The van der Waals surface area contributed by atoms with E-state index in [1.165, 1.54) is 24.3 Å². The van der Waals surface area contributed by atoms with Crippen LogP contribution >= 0.6 is 0 Å². The topological polar surface area (TPSA) is 119 Å². The number of pyridine rings is 1. The summed E-state index contributed by atoms with van der Waals surface area (Å²) in [6.45, 7) is 3.03. The van der Waals surface area contributed by atoms with Crippen molar-refractivity contribution < 1.29 is 32.2 Å². The number of carboxylic acid groups (broad SMARTS) is 1. The quantitative estimate of drug-likeness (QED) is 0.130. The van der Waals surface area contributed by atoms with Crippen molar-refractivity contribution in [1.29, 1.82) is 5.26 Å². The number of hydrogen-bond acceptors (Lipinski definition) is 6. The van der Waals surface area contributed by atoms with Crippen LogP contribution < -0.4 is 4.74 Å². The van der Waals surface area contributed by atoms with Gasteiger partial charge in [0.1, 0.15) is 23.2 Å². The van der Waals surface area contributed by atoms with E-state index in [1.807, 2.05) is 37.3 Å². The molecule has 5 aromatic rings. The minimum Gasteiger partial charge on any atom is -0.494 e. The largest absolute Gasteiger partial charge is 0.494 e. The fourth-order valence-electron chi connectivity index (χ4n) is 4.97. The zero-order chi connectivity index (χ0) is 32.1. The molecule has 3 aromatic heterocycles. The maximum atomic E-state index is 14.5. The molecule has 0 bridgehead atoms. The molecule has 13 heteroatoms. The summed E-state index contributed by atoms with van der Waals surface area (Å²) in [5.74, 6) is -2.03. The lowest BCUT2D eigenvalue weighted by Gasteiger charge is -2.18. The van der Waals surface area contributed by atoms with E-state index in [4.69, 9.17) is 10.00 Å². The Labute approximate surface area is 255 Å². The van der Waals surface area contributed by atoms with E-state index in [-0.39, 0.29) is 17.4 Å². The predicted octanol–water partition coefficient (Wildman–Crippen LogP) is 6.67. The molecular weight excluding hydrogens is 592 g/mol. The molecule has 1 atom stereocenters. The van der Waals surface area contributed by atoms with Crippen molar-refractivity contribution in [2.75, 3.05) is 6.61 Å². The highest BCUT2D eigenvalue weighted by Gasteiger charge is 2.41. The number of aromatic carboxylic acids is 1. The molecule has 0 amide bonds. The molecule has 45 heavy (non-hydrogen) atoms. The standard InChI is InChI=1S/C32H26F4N6O3/c1-20(16-21-6-9-24(10-7-21)45-15-3-13-41-14-12-23(18-37)40-41)25-11-8-22(33)17-26(25)28-4-2-5-29(39-28)42-30(32(34,35)36)27(19-38-42)31(43)44/h2,4-12,14,17,19-20H,3,13,15-16H2,1H3,(H,43,44). The Hall–Kier alpha value is -5.51. The normalized spacial score (nSPS) is 12.1. The molecule has 0 radical (unpaired) electrons. The molecule has 0 aliphatic carbocycles.